The van der Waals surface area contributed by atoms with E-state index in [0.717, 1.165) is 38.5 Å². The van der Waals surface area contributed by atoms with E-state index >= 15 is 0 Å². The predicted octanol–water partition coefficient (Wildman–Crippen LogP) is 2.42. The molecule has 0 aliphatic carbocycles. The molecule has 3 nitrogen and oxygen atoms in total. The van der Waals surface area contributed by atoms with Crippen LogP contribution in [0.2, 0.25) is 0 Å². The smallest absolute Gasteiger partial charge is 1.00 e. The van der Waals surface area contributed by atoms with Crippen LogP contribution < -0.4 is 18.9 Å². The van der Waals surface area contributed by atoms with Crippen LogP contribution in [-0.4, -0.2) is 22.3 Å². The van der Waals surface area contributed by atoms with Crippen LogP contribution in [0.25, 0.3) is 0 Å². The summed E-state index contributed by atoms with van der Waals surface area (Å²) in [5.74, 6) is -0.687. The summed E-state index contributed by atoms with van der Waals surface area (Å²) in [4.78, 5) is 10.3. The number of carboxylic acids is 1. The summed E-state index contributed by atoms with van der Waals surface area (Å²) in [7, 11) is 0. The molecule has 0 unspecified atom stereocenters. The van der Waals surface area contributed by atoms with Gasteiger partial charge in [-0.3, -0.25) is 4.79 Å². The topological polar surface area (TPSA) is 57.5 Å². The molecule has 0 saturated carbocycles. The molecule has 0 spiro atoms. The first-order chi connectivity index (χ1) is 10.2. The average Bonchev–Trinajstić information content (AvgIpc) is 2.45. The van der Waals surface area contributed by atoms with E-state index < -0.39 is 5.97 Å². The average molecular weight is 308 g/mol. The van der Waals surface area contributed by atoms with Gasteiger partial charge in [-0.05, 0) is 19.3 Å². The van der Waals surface area contributed by atoms with E-state index in [0.29, 0.717) is 6.42 Å². The molecule has 0 amide bonds. The molecule has 2 N–H and O–H groups in total. The number of hydrogen-bond acceptors (Lipinski definition) is 2. The van der Waals surface area contributed by atoms with Gasteiger partial charge in [0.2, 0.25) is 0 Å². The maximum absolute atomic E-state index is 10.3. The minimum atomic E-state index is -0.687. The molecule has 128 valence electrons. The van der Waals surface area contributed by atoms with Crippen molar-refractivity contribution in [2.24, 2.45) is 0 Å². The fourth-order valence-corrected chi connectivity index (χ4v) is 2.67. The molecule has 0 saturated heterocycles. The first-order valence-corrected chi connectivity index (χ1v) is 9.06. The second-order valence-electron chi connectivity index (χ2n) is 6.26. The number of aliphatic hydroxyl groups is 1. The molecular formula is C18H37LiO3. The number of carboxylic acid groups (broad SMARTS) is 1. The van der Waals surface area contributed by atoms with Gasteiger partial charge >= 0.3 is 24.8 Å². The molecule has 22 heavy (non-hydrogen) atoms. The van der Waals surface area contributed by atoms with Gasteiger partial charge < -0.3 is 11.6 Å². The third-order valence-corrected chi connectivity index (χ3v) is 4.07. The maximum Gasteiger partial charge on any atom is 1.00 e. The Hall–Kier alpha value is 0.0274. The van der Waals surface area contributed by atoms with E-state index in [1.54, 1.807) is 0 Å². The van der Waals surface area contributed by atoms with Crippen molar-refractivity contribution in [3.63, 3.8) is 0 Å². The van der Waals surface area contributed by atoms with Crippen LogP contribution in [-0.2, 0) is 4.79 Å². The zero-order valence-electron chi connectivity index (χ0n) is 16.0. The summed E-state index contributed by atoms with van der Waals surface area (Å²) in [6.07, 6.45) is 16.2. The van der Waals surface area contributed by atoms with Crippen molar-refractivity contribution in [3.05, 3.63) is 0 Å². The molecule has 0 fully saturated rings. The fourth-order valence-electron chi connectivity index (χ4n) is 2.67. The summed E-state index contributed by atoms with van der Waals surface area (Å²) in [5, 5.41) is 18.4. The van der Waals surface area contributed by atoms with Crippen molar-refractivity contribution >= 4 is 5.97 Å². The molecule has 0 aliphatic rings. The standard InChI is InChI=1S/C18H36O3.Li.H/c1-2-3-4-5-8-11-14-17(19)15-12-9-6-7-10-13-16-18(20)21;;/h17,19H,2-16H2,1H3,(H,20,21);;/q;+1;-1/t17-;;/m1../s1. The molecule has 0 aromatic carbocycles. The van der Waals surface area contributed by atoms with Crippen molar-refractivity contribution in [1.82, 2.24) is 0 Å². The summed E-state index contributed by atoms with van der Waals surface area (Å²) < 4.78 is 0. The molecule has 0 aromatic rings. The Kier molecular flexibility index (Phi) is 21.1. The van der Waals surface area contributed by atoms with Crippen LogP contribution in [0.3, 0.4) is 0 Å². The molecule has 4 heteroatoms. The minimum absolute atomic E-state index is 0. The Labute approximate surface area is 150 Å². The monoisotopic (exact) mass is 308 g/mol. The predicted molar refractivity (Wildman–Crippen MR) is 89.7 cm³/mol. The van der Waals surface area contributed by atoms with Crippen LogP contribution in [0.4, 0.5) is 0 Å². The first-order valence-electron chi connectivity index (χ1n) is 9.06. The number of aliphatic carboxylic acids is 1. The summed E-state index contributed by atoms with van der Waals surface area (Å²) in [5.41, 5.74) is 0. The van der Waals surface area contributed by atoms with Crippen molar-refractivity contribution < 1.29 is 35.3 Å². The largest absolute Gasteiger partial charge is 1.00 e. The van der Waals surface area contributed by atoms with Gasteiger partial charge in [0.1, 0.15) is 0 Å². The molecular weight excluding hydrogens is 271 g/mol. The van der Waals surface area contributed by atoms with Gasteiger partial charge in [-0.15, -0.1) is 0 Å². The van der Waals surface area contributed by atoms with Crippen molar-refractivity contribution in [1.29, 1.82) is 0 Å². The summed E-state index contributed by atoms with van der Waals surface area (Å²) in [6, 6.07) is 0. The molecule has 0 bridgehead atoms. The van der Waals surface area contributed by atoms with Crippen LogP contribution in [0.15, 0.2) is 0 Å². The Bertz CT molecular complexity index is 240. The Morgan fingerprint density at radius 3 is 1.68 bits per heavy atom. The second kappa shape index (κ2) is 19.1. The van der Waals surface area contributed by atoms with Gasteiger partial charge in [0.25, 0.3) is 0 Å². The fraction of sp³-hybridized carbons (Fsp3) is 0.944. The normalized spacial score (nSPS) is 11.9. The Morgan fingerprint density at radius 2 is 1.23 bits per heavy atom. The van der Waals surface area contributed by atoms with E-state index in [2.05, 4.69) is 6.92 Å². The second-order valence-corrected chi connectivity index (χ2v) is 6.26. The van der Waals surface area contributed by atoms with E-state index in [-0.39, 0.29) is 26.4 Å². The zero-order valence-corrected chi connectivity index (χ0v) is 15.0. The Morgan fingerprint density at radius 1 is 0.818 bits per heavy atom. The van der Waals surface area contributed by atoms with E-state index in [1.165, 1.54) is 51.4 Å². The van der Waals surface area contributed by atoms with Gasteiger partial charge in [0.15, 0.2) is 0 Å². The van der Waals surface area contributed by atoms with Crippen molar-refractivity contribution in [2.75, 3.05) is 0 Å². The molecule has 0 rings (SSSR count). The van der Waals surface area contributed by atoms with E-state index in [1.807, 2.05) is 0 Å². The van der Waals surface area contributed by atoms with Crippen molar-refractivity contribution in [3.8, 4) is 0 Å². The van der Waals surface area contributed by atoms with Gasteiger partial charge in [-0.25, -0.2) is 0 Å². The van der Waals surface area contributed by atoms with Crippen LogP contribution in [0, 0.1) is 0 Å². The first kappa shape index (κ1) is 24.3. The molecule has 0 radical (unpaired) electrons. The number of hydrogen-bond donors (Lipinski definition) is 2. The molecule has 0 aliphatic heterocycles. The van der Waals surface area contributed by atoms with Crippen LogP contribution in [0.1, 0.15) is 105 Å². The Balaban J connectivity index is -0.00000200. The van der Waals surface area contributed by atoms with Gasteiger partial charge in [0.05, 0.1) is 6.10 Å². The third kappa shape index (κ3) is 20.0. The zero-order chi connectivity index (χ0) is 15.8. The van der Waals surface area contributed by atoms with Crippen LogP contribution >= 0.6 is 0 Å². The number of rotatable bonds is 16. The van der Waals surface area contributed by atoms with Gasteiger partial charge in [-0.2, -0.15) is 0 Å². The maximum atomic E-state index is 10.3. The number of aliphatic hydroxyl groups excluding tert-OH is 1. The summed E-state index contributed by atoms with van der Waals surface area (Å²) in [6.45, 7) is 2.23. The molecule has 1 atom stereocenters. The van der Waals surface area contributed by atoms with E-state index in [9.17, 15) is 9.90 Å². The van der Waals surface area contributed by atoms with E-state index in [4.69, 9.17) is 5.11 Å². The number of carbonyl (C=O) groups is 1. The molecule has 0 heterocycles. The molecule has 0 aromatic heterocycles. The van der Waals surface area contributed by atoms with Gasteiger partial charge in [0, 0.05) is 6.42 Å². The minimum Gasteiger partial charge on any atom is -1.00 e. The number of unbranched alkanes of at least 4 members (excludes halogenated alkanes) is 10. The third-order valence-electron chi connectivity index (χ3n) is 4.07. The quantitative estimate of drug-likeness (QED) is 0.340. The summed E-state index contributed by atoms with van der Waals surface area (Å²) >= 11 is 0. The SMILES string of the molecule is CCCCCCCC[C@@H](O)CCCCCCCCC(=O)O.[H-].[Li+]. The van der Waals surface area contributed by atoms with Crippen molar-refractivity contribution in [2.45, 2.75) is 109 Å². The van der Waals surface area contributed by atoms with Crippen LogP contribution in [0.5, 0.6) is 0 Å². The van der Waals surface area contributed by atoms with Gasteiger partial charge in [-0.1, -0.05) is 77.6 Å².